The van der Waals surface area contributed by atoms with Gasteiger partial charge in [-0.1, -0.05) is 20.8 Å². The van der Waals surface area contributed by atoms with Gasteiger partial charge in [0, 0.05) is 48.5 Å². The minimum absolute atomic E-state index is 0.0173. The van der Waals surface area contributed by atoms with Gasteiger partial charge in [-0.3, -0.25) is 14.9 Å². The van der Waals surface area contributed by atoms with E-state index in [1.807, 2.05) is 11.8 Å². The monoisotopic (exact) mass is 540 g/mol. The van der Waals surface area contributed by atoms with E-state index in [1.165, 1.54) is 4.88 Å². The summed E-state index contributed by atoms with van der Waals surface area (Å²) >= 11 is 1.54. The Morgan fingerprint density at radius 3 is 2.55 bits per heavy atom. The van der Waals surface area contributed by atoms with E-state index in [2.05, 4.69) is 31.1 Å². The van der Waals surface area contributed by atoms with Gasteiger partial charge in [-0.25, -0.2) is 4.98 Å². The Morgan fingerprint density at radius 1 is 1.21 bits per heavy atom. The Kier molecular flexibility index (Phi) is 7.55. The average Bonchev–Trinajstić information content (AvgIpc) is 3.30. The first-order chi connectivity index (χ1) is 18.1. The molecule has 0 radical (unpaired) electrons. The zero-order valence-corrected chi connectivity index (χ0v) is 23.9. The predicted octanol–water partition coefficient (Wildman–Crippen LogP) is 3.87. The summed E-state index contributed by atoms with van der Waals surface area (Å²) in [7, 11) is 3.68. The van der Waals surface area contributed by atoms with E-state index >= 15 is 0 Å². The number of likely N-dealkylation sites (N-methyl/N-ethyl adjacent to an activating group) is 1. The van der Waals surface area contributed by atoms with Crippen LogP contribution in [0.3, 0.4) is 0 Å². The van der Waals surface area contributed by atoms with Gasteiger partial charge in [0.2, 0.25) is 5.91 Å². The Labute approximate surface area is 229 Å². The summed E-state index contributed by atoms with van der Waals surface area (Å²) in [5, 5.41) is 15.3. The fraction of sp³-hybridized carbons (Fsp3) is 0.621. The molecule has 1 aromatic carbocycles. The van der Waals surface area contributed by atoms with Crippen molar-refractivity contribution >= 4 is 28.3 Å². The molecule has 1 saturated heterocycles. The van der Waals surface area contributed by atoms with Crippen molar-refractivity contribution in [2.24, 2.45) is 23.2 Å². The number of thiazole rings is 1. The van der Waals surface area contributed by atoms with Gasteiger partial charge in [0.05, 0.1) is 18.9 Å². The quantitative estimate of drug-likeness (QED) is 0.598. The molecule has 2 amide bonds. The number of piperazine rings is 1. The lowest BCUT2D eigenvalue weighted by Gasteiger charge is -2.53. The number of benzene rings is 1. The number of rotatable bonds is 5. The first-order valence-electron chi connectivity index (χ1n) is 13.7. The highest BCUT2D eigenvalue weighted by molar-refractivity contribution is 7.15. The van der Waals surface area contributed by atoms with Crippen LogP contribution in [0.5, 0.6) is 5.75 Å². The van der Waals surface area contributed by atoms with E-state index in [1.54, 1.807) is 42.7 Å². The van der Waals surface area contributed by atoms with Crippen LogP contribution in [0.15, 0.2) is 24.3 Å². The molecule has 1 aliphatic heterocycles. The van der Waals surface area contributed by atoms with Crippen molar-refractivity contribution in [2.45, 2.75) is 52.1 Å². The van der Waals surface area contributed by atoms with Crippen LogP contribution in [0, 0.1) is 23.2 Å². The van der Waals surface area contributed by atoms with Crippen LogP contribution in [0.4, 0.5) is 5.13 Å². The maximum absolute atomic E-state index is 13.4. The second kappa shape index (κ2) is 10.6. The first-order valence-corrected chi connectivity index (χ1v) is 14.5. The van der Waals surface area contributed by atoms with Crippen molar-refractivity contribution in [3.05, 3.63) is 40.4 Å². The van der Waals surface area contributed by atoms with Crippen LogP contribution < -0.4 is 10.1 Å². The summed E-state index contributed by atoms with van der Waals surface area (Å²) in [5.74, 6) is 0.461. The molecule has 8 nitrogen and oxygen atoms in total. The molecular weight excluding hydrogens is 500 g/mol. The van der Waals surface area contributed by atoms with Crippen molar-refractivity contribution in [1.29, 1.82) is 0 Å². The molecule has 0 bridgehead atoms. The molecule has 0 spiro atoms. The average molecular weight is 541 g/mol. The second-order valence-electron chi connectivity index (χ2n) is 11.8. The molecule has 2 heterocycles. The van der Waals surface area contributed by atoms with Gasteiger partial charge in [0.1, 0.15) is 5.75 Å². The third kappa shape index (κ3) is 4.96. The van der Waals surface area contributed by atoms with Gasteiger partial charge >= 0.3 is 0 Å². The minimum Gasteiger partial charge on any atom is -0.497 e. The summed E-state index contributed by atoms with van der Waals surface area (Å²) in [5.41, 5.74) is 1.45. The maximum Gasteiger partial charge on any atom is 0.257 e. The summed E-state index contributed by atoms with van der Waals surface area (Å²) < 4.78 is 5.18. The van der Waals surface area contributed by atoms with Crippen LogP contribution in [0.2, 0.25) is 0 Å². The Hall–Kier alpha value is -2.49. The topological polar surface area (TPSA) is 95.0 Å². The normalized spacial score (nSPS) is 30.2. The summed E-state index contributed by atoms with van der Waals surface area (Å²) in [6.45, 7) is 9.74. The molecule has 5 unspecified atom stereocenters. The number of amides is 2. The Bertz CT molecular complexity index is 1180. The fourth-order valence-electron chi connectivity index (χ4n) is 7.01. The summed E-state index contributed by atoms with van der Waals surface area (Å²) in [6, 6.07) is 7.01. The molecular formula is C29H40N4O4S. The summed E-state index contributed by atoms with van der Waals surface area (Å²) in [4.78, 5) is 36.5. The number of methoxy groups -OCH3 is 1. The molecule has 5 rings (SSSR count). The zero-order chi connectivity index (χ0) is 27.2. The highest BCUT2D eigenvalue weighted by Crippen LogP contribution is 2.57. The predicted molar refractivity (Wildman–Crippen MR) is 149 cm³/mol. The van der Waals surface area contributed by atoms with E-state index < -0.39 is 6.10 Å². The van der Waals surface area contributed by atoms with Crippen molar-refractivity contribution in [2.75, 3.05) is 45.7 Å². The van der Waals surface area contributed by atoms with Gasteiger partial charge in [-0.2, -0.15) is 0 Å². The number of hydrogen-bond acceptors (Lipinski definition) is 7. The van der Waals surface area contributed by atoms with Crippen molar-refractivity contribution in [1.82, 2.24) is 14.8 Å². The Morgan fingerprint density at radius 2 is 1.89 bits per heavy atom. The summed E-state index contributed by atoms with van der Waals surface area (Å²) in [6.07, 6.45) is 2.08. The zero-order valence-electron chi connectivity index (χ0n) is 23.1. The number of aliphatic hydroxyl groups excluding tert-OH is 1. The number of fused-ring (bicyclic) bond motifs is 2. The molecule has 1 saturated carbocycles. The number of aromatic nitrogens is 1. The highest BCUT2D eigenvalue weighted by Gasteiger charge is 2.54. The van der Waals surface area contributed by atoms with E-state index in [-0.39, 0.29) is 40.9 Å². The van der Waals surface area contributed by atoms with Crippen molar-refractivity contribution in [3.63, 3.8) is 0 Å². The molecule has 9 heteroatoms. The molecule has 2 N–H and O–H groups in total. The number of carbonyl (C=O) groups is 2. The first kappa shape index (κ1) is 27.1. The standard InChI is InChI=1S/C29H40N4O4S/c1-17(27(36)33-14-12-32(4)13-15-33)21-10-11-29(3)16-22-24(18(2)23(29)25(21)34)30-28(38-22)31-26(35)19-6-8-20(37-5)9-7-19/h6-9,17-18,21,23,25,34H,10-16H2,1-5H3,(H,30,31,35)/t17?,18?,21?,23?,25?,29-/m0/s1. The SMILES string of the molecule is COc1ccc(C(=O)Nc2nc3c(s2)C[C@]2(C)CCC(C(C)C(=O)N4CCN(C)CC4)C(O)C2C3C)cc1. The van der Waals surface area contributed by atoms with Gasteiger partial charge in [-0.05, 0) is 67.8 Å². The lowest BCUT2D eigenvalue weighted by Crippen LogP contribution is -2.55. The van der Waals surface area contributed by atoms with Gasteiger partial charge in [0.15, 0.2) is 5.13 Å². The molecule has 2 fully saturated rings. The van der Waals surface area contributed by atoms with Crippen LogP contribution in [0.1, 0.15) is 60.5 Å². The smallest absolute Gasteiger partial charge is 0.257 e. The molecule has 2 aromatic rings. The van der Waals surface area contributed by atoms with E-state index in [0.717, 1.165) is 51.1 Å². The fourth-order valence-corrected chi connectivity index (χ4v) is 8.27. The lowest BCUT2D eigenvalue weighted by atomic mass is 9.53. The molecule has 2 aliphatic carbocycles. The second-order valence-corrected chi connectivity index (χ2v) is 12.8. The number of carbonyl (C=O) groups excluding carboxylic acids is 2. The van der Waals surface area contributed by atoms with Gasteiger partial charge < -0.3 is 19.6 Å². The molecule has 1 aromatic heterocycles. The van der Waals surface area contributed by atoms with Crippen LogP contribution in [0.25, 0.3) is 0 Å². The number of hydrogen-bond donors (Lipinski definition) is 2. The number of anilines is 1. The number of nitrogens with zero attached hydrogens (tertiary/aromatic N) is 3. The number of ether oxygens (including phenoxy) is 1. The Balaban J connectivity index is 1.31. The van der Waals surface area contributed by atoms with E-state index in [4.69, 9.17) is 9.72 Å². The molecule has 3 aliphatic rings. The van der Waals surface area contributed by atoms with Crippen LogP contribution in [-0.4, -0.2) is 78.1 Å². The minimum atomic E-state index is -0.567. The number of aliphatic hydroxyl groups is 1. The molecule has 206 valence electrons. The lowest BCUT2D eigenvalue weighted by molar-refractivity contribution is -0.146. The van der Waals surface area contributed by atoms with Crippen molar-refractivity contribution in [3.8, 4) is 5.75 Å². The third-order valence-corrected chi connectivity index (χ3v) is 10.3. The molecule has 38 heavy (non-hydrogen) atoms. The molecule has 6 atom stereocenters. The largest absolute Gasteiger partial charge is 0.497 e. The number of nitrogens with one attached hydrogen (secondary N) is 1. The maximum atomic E-state index is 13.4. The van der Waals surface area contributed by atoms with Crippen LogP contribution in [-0.2, 0) is 11.2 Å². The highest BCUT2D eigenvalue weighted by atomic mass is 32.1. The van der Waals surface area contributed by atoms with Gasteiger partial charge in [-0.15, -0.1) is 11.3 Å². The van der Waals surface area contributed by atoms with E-state index in [0.29, 0.717) is 16.4 Å². The third-order valence-electron chi connectivity index (χ3n) is 9.34. The van der Waals surface area contributed by atoms with Gasteiger partial charge in [0.25, 0.3) is 5.91 Å². The van der Waals surface area contributed by atoms with Crippen molar-refractivity contribution < 1.29 is 19.4 Å². The van der Waals surface area contributed by atoms with Crippen LogP contribution >= 0.6 is 11.3 Å². The van der Waals surface area contributed by atoms with E-state index in [9.17, 15) is 14.7 Å².